The number of fused-ring (bicyclic) bond motifs is 1. The van der Waals surface area contributed by atoms with Crippen molar-refractivity contribution in [2.45, 2.75) is 44.4 Å². The third-order valence-electron chi connectivity index (χ3n) is 3.67. The van der Waals surface area contributed by atoms with E-state index in [1.54, 1.807) is 13.0 Å². The molecule has 1 amide bonds. The average Bonchev–Trinajstić information content (AvgIpc) is 2.85. The number of rotatable bonds is 2. The van der Waals surface area contributed by atoms with Gasteiger partial charge in [-0.15, -0.1) is 0 Å². The Morgan fingerprint density at radius 1 is 1.32 bits per heavy atom. The quantitative estimate of drug-likeness (QED) is 0.866. The number of ether oxygens (including phenoxy) is 2. The van der Waals surface area contributed by atoms with E-state index < -0.39 is 0 Å². The molecular weight excluding hydrogens is 248 g/mol. The smallest absolute Gasteiger partial charge is 0.273 e. The monoisotopic (exact) mass is 266 g/mol. The zero-order valence-electron chi connectivity index (χ0n) is 10.9. The molecule has 1 saturated heterocycles. The second kappa shape index (κ2) is 5.30. The van der Waals surface area contributed by atoms with Crippen molar-refractivity contribution in [3.8, 4) is 0 Å². The molecule has 2 aliphatic rings. The van der Waals surface area contributed by atoms with Gasteiger partial charge in [-0.2, -0.15) is 0 Å². The molecule has 1 aliphatic heterocycles. The van der Waals surface area contributed by atoms with Crippen molar-refractivity contribution >= 4 is 5.91 Å². The van der Waals surface area contributed by atoms with E-state index in [1.807, 2.05) is 0 Å². The van der Waals surface area contributed by atoms with Gasteiger partial charge in [-0.05, 0) is 26.2 Å². The molecule has 1 aromatic heterocycles. The summed E-state index contributed by atoms with van der Waals surface area (Å²) in [5.74, 6) is 0.454. The topological polar surface area (TPSA) is 73.6 Å². The number of carbonyl (C=O) groups is 1. The van der Waals surface area contributed by atoms with Gasteiger partial charge in [0.1, 0.15) is 5.76 Å². The lowest BCUT2D eigenvalue weighted by molar-refractivity contribution is -0.157. The molecular formula is C13H18N2O4. The van der Waals surface area contributed by atoms with E-state index >= 15 is 0 Å². The first-order chi connectivity index (χ1) is 9.22. The molecule has 0 bridgehead atoms. The van der Waals surface area contributed by atoms with Crippen LogP contribution in [0.4, 0.5) is 0 Å². The Balaban J connectivity index is 1.57. The SMILES string of the molecule is Cc1cc(C(=O)N[C@@H]2CC[C@H]3OCCO[C@@H]3C2)no1. The minimum atomic E-state index is -0.183. The Morgan fingerprint density at radius 3 is 2.84 bits per heavy atom. The van der Waals surface area contributed by atoms with E-state index in [9.17, 15) is 4.79 Å². The summed E-state index contributed by atoms with van der Waals surface area (Å²) in [7, 11) is 0. The number of aromatic nitrogens is 1. The van der Waals surface area contributed by atoms with Crippen LogP contribution in [0.5, 0.6) is 0 Å². The van der Waals surface area contributed by atoms with Crippen LogP contribution in [0, 0.1) is 6.92 Å². The molecule has 1 N–H and O–H groups in total. The Kier molecular flexibility index (Phi) is 3.52. The number of aryl methyl sites for hydroxylation is 1. The van der Waals surface area contributed by atoms with Crippen molar-refractivity contribution in [2.24, 2.45) is 0 Å². The largest absolute Gasteiger partial charge is 0.373 e. The van der Waals surface area contributed by atoms with Gasteiger partial charge >= 0.3 is 0 Å². The standard InChI is InChI=1S/C13H18N2O4/c1-8-6-10(15-19-8)13(16)14-9-2-3-11-12(7-9)18-5-4-17-11/h6,9,11-12H,2-5,7H2,1H3,(H,14,16)/t9-,11-,12-/m1/s1. The van der Waals surface area contributed by atoms with Gasteiger partial charge in [-0.1, -0.05) is 5.16 Å². The molecule has 0 radical (unpaired) electrons. The van der Waals surface area contributed by atoms with Crippen LogP contribution in [0.2, 0.25) is 0 Å². The van der Waals surface area contributed by atoms with Crippen molar-refractivity contribution in [3.05, 3.63) is 17.5 Å². The maximum Gasteiger partial charge on any atom is 0.273 e. The summed E-state index contributed by atoms with van der Waals surface area (Å²) < 4.78 is 16.3. The predicted octanol–water partition coefficient (Wildman–Crippen LogP) is 1.05. The van der Waals surface area contributed by atoms with E-state index in [2.05, 4.69) is 10.5 Å². The van der Waals surface area contributed by atoms with Crippen molar-refractivity contribution in [1.29, 1.82) is 0 Å². The maximum atomic E-state index is 12.0. The summed E-state index contributed by atoms with van der Waals surface area (Å²) in [6, 6.07) is 1.76. The van der Waals surface area contributed by atoms with Crippen molar-refractivity contribution in [1.82, 2.24) is 10.5 Å². The molecule has 1 aliphatic carbocycles. The predicted molar refractivity (Wildman–Crippen MR) is 65.8 cm³/mol. The van der Waals surface area contributed by atoms with Crippen LogP contribution < -0.4 is 5.32 Å². The summed E-state index contributed by atoms with van der Waals surface area (Å²) >= 11 is 0. The lowest BCUT2D eigenvalue weighted by Crippen LogP contribution is -2.49. The van der Waals surface area contributed by atoms with Crippen LogP contribution in [0.1, 0.15) is 35.5 Å². The number of nitrogens with one attached hydrogen (secondary N) is 1. The van der Waals surface area contributed by atoms with Crippen LogP contribution in [0.25, 0.3) is 0 Å². The van der Waals surface area contributed by atoms with E-state index in [0.29, 0.717) is 24.7 Å². The summed E-state index contributed by atoms with van der Waals surface area (Å²) in [6.45, 7) is 3.09. The number of nitrogens with zero attached hydrogens (tertiary/aromatic N) is 1. The van der Waals surface area contributed by atoms with Crippen LogP contribution in [-0.2, 0) is 9.47 Å². The molecule has 0 aromatic carbocycles. The first kappa shape index (κ1) is 12.6. The van der Waals surface area contributed by atoms with Crippen molar-refractivity contribution < 1.29 is 18.8 Å². The summed E-state index contributed by atoms with van der Waals surface area (Å²) in [5.41, 5.74) is 0.334. The first-order valence-electron chi connectivity index (χ1n) is 6.70. The molecule has 19 heavy (non-hydrogen) atoms. The van der Waals surface area contributed by atoms with Crippen LogP contribution in [0.3, 0.4) is 0 Å². The molecule has 1 saturated carbocycles. The fraction of sp³-hybridized carbons (Fsp3) is 0.692. The van der Waals surface area contributed by atoms with Crippen LogP contribution >= 0.6 is 0 Å². The van der Waals surface area contributed by atoms with Crippen molar-refractivity contribution in [3.63, 3.8) is 0 Å². The van der Waals surface area contributed by atoms with Gasteiger partial charge < -0.3 is 19.3 Å². The van der Waals surface area contributed by atoms with Gasteiger partial charge in [0, 0.05) is 12.1 Å². The Labute approximate surface area is 111 Å². The molecule has 0 unspecified atom stereocenters. The number of hydrogen-bond donors (Lipinski definition) is 1. The number of amides is 1. The Morgan fingerprint density at radius 2 is 2.11 bits per heavy atom. The highest BCUT2D eigenvalue weighted by Gasteiger charge is 2.34. The summed E-state index contributed by atoms with van der Waals surface area (Å²) in [6.07, 6.45) is 2.93. The highest BCUT2D eigenvalue weighted by molar-refractivity contribution is 5.92. The Hall–Kier alpha value is -1.40. The maximum absolute atomic E-state index is 12.0. The molecule has 1 aromatic rings. The fourth-order valence-corrected chi connectivity index (χ4v) is 2.73. The van der Waals surface area contributed by atoms with E-state index in [-0.39, 0.29) is 24.2 Å². The molecule has 0 spiro atoms. The van der Waals surface area contributed by atoms with E-state index in [4.69, 9.17) is 14.0 Å². The summed E-state index contributed by atoms with van der Waals surface area (Å²) in [5, 5.41) is 6.70. The molecule has 2 fully saturated rings. The Bertz CT molecular complexity index is 459. The second-order valence-corrected chi connectivity index (χ2v) is 5.12. The van der Waals surface area contributed by atoms with Crippen LogP contribution in [0.15, 0.2) is 10.6 Å². The average molecular weight is 266 g/mol. The van der Waals surface area contributed by atoms with E-state index in [0.717, 1.165) is 19.3 Å². The zero-order valence-corrected chi connectivity index (χ0v) is 10.9. The molecule has 104 valence electrons. The van der Waals surface area contributed by atoms with Gasteiger partial charge in [0.2, 0.25) is 0 Å². The van der Waals surface area contributed by atoms with Crippen LogP contribution in [-0.4, -0.2) is 42.5 Å². The zero-order chi connectivity index (χ0) is 13.2. The van der Waals surface area contributed by atoms with E-state index in [1.165, 1.54) is 0 Å². The molecule has 3 atom stereocenters. The minimum absolute atomic E-state index is 0.104. The van der Waals surface area contributed by atoms with Crippen molar-refractivity contribution in [2.75, 3.05) is 13.2 Å². The van der Waals surface area contributed by atoms with Gasteiger partial charge in [0.15, 0.2) is 5.69 Å². The normalized spacial score (nSPS) is 30.7. The third-order valence-corrected chi connectivity index (χ3v) is 3.67. The highest BCUT2D eigenvalue weighted by Crippen LogP contribution is 2.26. The lowest BCUT2D eigenvalue weighted by atomic mass is 9.89. The van der Waals surface area contributed by atoms with Gasteiger partial charge in [0.05, 0.1) is 25.4 Å². The first-order valence-corrected chi connectivity index (χ1v) is 6.70. The van der Waals surface area contributed by atoms with Gasteiger partial charge in [-0.25, -0.2) is 0 Å². The second-order valence-electron chi connectivity index (χ2n) is 5.12. The fourth-order valence-electron chi connectivity index (χ4n) is 2.73. The third kappa shape index (κ3) is 2.79. The molecule has 6 heteroatoms. The molecule has 3 rings (SSSR count). The number of hydrogen-bond acceptors (Lipinski definition) is 5. The lowest BCUT2D eigenvalue weighted by Gasteiger charge is -2.38. The molecule has 2 heterocycles. The summed E-state index contributed by atoms with van der Waals surface area (Å²) in [4.78, 5) is 12.0. The number of carbonyl (C=O) groups excluding carboxylic acids is 1. The van der Waals surface area contributed by atoms with Gasteiger partial charge in [-0.3, -0.25) is 4.79 Å². The molecule has 6 nitrogen and oxygen atoms in total. The van der Waals surface area contributed by atoms with Gasteiger partial charge in [0.25, 0.3) is 5.91 Å². The highest BCUT2D eigenvalue weighted by atomic mass is 16.6. The minimum Gasteiger partial charge on any atom is -0.373 e.